The van der Waals surface area contributed by atoms with Gasteiger partial charge in [-0.2, -0.15) is 13.2 Å². The largest absolute Gasteiger partial charge is 0.419 e. The molecule has 0 unspecified atom stereocenters. The number of alkyl halides is 3. The topological polar surface area (TPSA) is 12.0 Å². The van der Waals surface area contributed by atoms with Crippen LogP contribution >= 0.6 is 0 Å². The Morgan fingerprint density at radius 3 is 2.10 bits per heavy atom. The quantitative estimate of drug-likeness (QED) is 0.830. The molecule has 0 heterocycles. The molecule has 1 N–H and O–H groups in total. The molecule has 2 rings (SSSR count). The Bertz CT molecular complexity index is 649. The van der Waals surface area contributed by atoms with Crippen LogP contribution < -0.4 is 5.32 Å². The SMILES string of the molecule is CNCc1ccc(-c2ccc(F)c(C(F)(F)F)c2)cc1F. The predicted octanol–water partition coefficient (Wildman–Crippen LogP) is 4.37. The maximum Gasteiger partial charge on any atom is 0.419 e. The van der Waals surface area contributed by atoms with Gasteiger partial charge < -0.3 is 5.32 Å². The molecular formula is C15H12F5N. The van der Waals surface area contributed by atoms with Crippen LogP contribution in [0.15, 0.2) is 36.4 Å². The summed E-state index contributed by atoms with van der Waals surface area (Å²) >= 11 is 0. The third-order valence-corrected chi connectivity index (χ3v) is 3.03. The van der Waals surface area contributed by atoms with Crippen molar-refractivity contribution in [3.05, 3.63) is 59.2 Å². The lowest BCUT2D eigenvalue weighted by Gasteiger charge is -2.11. The highest BCUT2D eigenvalue weighted by molar-refractivity contribution is 5.65. The van der Waals surface area contributed by atoms with Crippen molar-refractivity contribution in [2.75, 3.05) is 7.05 Å². The zero-order chi connectivity index (χ0) is 15.6. The highest BCUT2D eigenvalue weighted by Crippen LogP contribution is 2.34. The smallest absolute Gasteiger partial charge is 0.316 e. The normalized spacial score (nSPS) is 11.7. The molecule has 0 aliphatic rings. The summed E-state index contributed by atoms with van der Waals surface area (Å²) in [5.41, 5.74) is -0.587. The van der Waals surface area contributed by atoms with E-state index in [0.717, 1.165) is 12.1 Å². The predicted molar refractivity (Wildman–Crippen MR) is 69.6 cm³/mol. The van der Waals surface area contributed by atoms with Gasteiger partial charge in [-0.15, -0.1) is 0 Å². The van der Waals surface area contributed by atoms with Gasteiger partial charge in [-0.1, -0.05) is 18.2 Å². The maximum atomic E-state index is 13.8. The van der Waals surface area contributed by atoms with Gasteiger partial charge in [0.2, 0.25) is 0 Å². The molecule has 21 heavy (non-hydrogen) atoms. The van der Waals surface area contributed by atoms with Crippen LogP contribution in [-0.4, -0.2) is 7.05 Å². The molecule has 0 radical (unpaired) electrons. The highest BCUT2D eigenvalue weighted by atomic mass is 19.4. The molecule has 2 aromatic rings. The molecule has 0 atom stereocenters. The van der Waals surface area contributed by atoms with E-state index in [1.165, 1.54) is 18.2 Å². The minimum atomic E-state index is -4.79. The summed E-state index contributed by atoms with van der Waals surface area (Å²) in [5.74, 6) is -1.88. The average molecular weight is 301 g/mol. The van der Waals surface area contributed by atoms with E-state index in [2.05, 4.69) is 5.32 Å². The van der Waals surface area contributed by atoms with E-state index in [1.807, 2.05) is 0 Å². The molecule has 0 spiro atoms. The van der Waals surface area contributed by atoms with Crippen LogP contribution in [-0.2, 0) is 12.7 Å². The van der Waals surface area contributed by atoms with Crippen LogP contribution in [0.2, 0.25) is 0 Å². The van der Waals surface area contributed by atoms with Gasteiger partial charge in [0.1, 0.15) is 11.6 Å². The first kappa shape index (κ1) is 15.4. The third-order valence-electron chi connectivity index (χ3n) is 3.03. The van der Waals surface area contributed by atoms with E-state index < -0.39 is 23.4 Å². The van der Waals surface area contributed by atoms with Gasteiger partial charge in [0.05, 0.1) is 5.56 Å². The van der Waals surface area contributed by atoms with Crippen molar-refractivity contribution in [2.24, 2.45) is 0 Å². The standard InChI is InChI=1S/C15H12F5N/c1-21-8-11-3-2-10(7-14(11)17)9-4-5-13(16)12(6-9)15(18,19)20/h2-7,21H,8H2,1H3. The molecule has 0 bridgehead atoms. The molecule has 112 valence electrons. The van der Waals surface area contributed by atoms with Crippen LogP contribution in [0, 0.1) is 11.6 Å². The molecule has 1 nitrogen and oxygen atoms in total. The molecule has 0 fully saturated rings. The summed E-state index contributed by atoms with van der Waals surface area (Å²) in [7, 11) is 1.66. The Balaban J connectivity index is 2.45. The molecule has 0 aromatic heterocycles. The highest BCUT2D eigenvalue weighted by Gasteiger charge is 2.34. The third kappa shape index (κ3) is 3.39. The zero-order valence-corrected chi connectivity index (χ0v) is 11.1. The molecular weight excluding hydrogens is 289 g/mol. The van der Waals surface area contributed by atoms with E-state index in [0.29, 0.717) is 18.2 Å². The fourth-order valence-corrected chi connectivity index (χ4v) is 1.98. The molecule has 0 saturated heterocycles. The molecule has 0 aliphatic heterocycles. The van der Waals surface area contributed by atoms with Gasteiger partial charge in [-0.3, -0.25) is 0 Å². The second-order valence-electron chi connectivity index (χ2n) is 4.53. The first-order chi connectivity index (χ1) is 9.82. The Hall–Kier alpha value is -1.95. The van der Waals surface area contributed by atoms with Gasteiger partial charge in [0.25, 0.3) is 0 Å². The van der Waals surface area contributed by atoms with Crippen molar-refractivity contribution in [1.29, 1.82) is 0 Å². The van der Waals surface area contributed by atoms with E-state index in [4.69, 9.17) is 0 Å². The van der Waals surface area contributed by atoms with E-state index in [9.17, 15) is 22.0 Å². The first-order valence-electron chi connectivity index (χ1n) is 6.13. The first-order valence-corrected chi connectivity index (χ1v) is 6.13. The number of halogens is 5. The molecule has 2 aromatic carbocycles. The van der Waals surface area contributed by atoms with Crippen molar-refractivity contribution in [2.45, 2.75) is 12.7 Å². The summed E-state index contributed by atoms with van der Waals surface area (Å²) < 4.78 is 65.0. The van der Waals surface area contributed by atoms with Gasteiger partial charge in [0.15, 0.2) is 0 Å². The Morgan fingerprint density at radius 1 is 0.905 bits per heavy atom. The van der Waals surface area contributed by atoms with Crippen molar-refractivity contribution in [3.63, 3.8) is 0 Å². The van der Waals surface area contributed by atoms with Crippen LogP contribution in [0.4, 0.5) is 22.0 Å². The van der Waals surface area contributed by atoms with Crippen LogP contribution in [0.25, 0.3) is 11.1 Å². The van der Waals surface area contributed by atoms with E-state index in [1.54, 1.807) is 7.05 Å². The summed E-state index contributed by atoms with van der Waals surface area (Å²) in [6.45, 7) is 0.309. The van der Waals surface area contributed by atoms with Gasteiger partial charge >= 0.3 is 6.18 Å². The monoisotopic (exact) mass is 301 g/mol. The van der Waals surface area contributed by atoms with Crippen molar-refractivity contribution in [1.82, 2.24) is 5.32 Å². The lowest BCUT2D eigenvalue weighted by Crippen LogP contribution is -2.08. The number of rotatable bonds is 3. The second-order valence-corrected chi connectivity index (χ2v) is 4.53. The number of benzene rings is 2. The summed E-state index contributed by atoms with van der Waals surface area (Å²) in [5, 5.41) is 2.78. The van der Waals surface area contributed by atoms with E-state index in [-0.39, 0.29) is 11.1 Å². The number of hydrogen-bond donors (Lipinski definition) is 1. The summed E-state index contributed by atoms with van der Waals surface area (Å²) in [6, 6.07) is 6.73. The lowest BCUT2D eigenvalue weighted by atomic mass is 10.0. The minimum absolute atomic E-state index is 0.110. The van der Waals surface area contributed by atoms with Crippen LogP contribution in [0.1, 0.15) is 11.1 Å². The van der Waals surface area contributed by atoms with Crippen LogP contribution in [0.5, 0.6) is 0 Å². The van der Waals surface area contributed by atoms with Crippen LogP contribution in [0.3, 0.4) is 0 Å². The van der Waals surface area contributed by atoms with Gasteiger partial charge in [-0.25, -0.2) is 8.78 Å². The van der Waals surface area contributed by atoms with E-state index >= 15 is 0 Å². The Morgan fingerprint density at radius 2 is 1.52 bits per heavy atom. The average Bonchev–Trinajstić information content (AvgIpc) is 2.40. The Kier molecular flexibility index (Phi) is 4.27. The molecule has 6 heteroatoms. The number of hydrogen-bond acceptors (Lipinski definition) is 1. The zero-order valence-electron chi connectivity index (χ0n) is 11.1. The summed E-state index contributed by atoms with van der Waals surface area (Å²) in [4.78, 5) is 0. The Labute approximate surface area is 118 Å². The van der Waals surface area contributed by atoms with Crippen molar-refractivity contribution in [3.8, 4) is 11.1 Å². The fourth-order valence-electron chi connectivity index (χ4n) is 1.98. The van der Waals surface area contributed by atoms with Crippen molar-refractivity contribution < 1.29 is 22.0 Å². The molecule has 0 saturated carbocycles. The number of nitrogens with one attached hydrogen (secondary N) is 1. The molecule has 0 aliphatic carbocycles. The summed E-state index contributed by atoms with van der Waals surface area (Å²) in [6.07, 6.45) is -4.79. The van der Waals surface area contributed by atoms with Crippen molar-refractivity contribution >= 4 is 0 Å². The second kappa shape index (κ2) is 5.81. The fraction of sp³-hybridized carbons (Fsp3) is 0.200. The minimum Gasteiger partial charge on any atom is -0.316 e. The lowest BCUT2D eigenvalue weighted by molar-refractivity contribution is -0.139. The van der Waals surface area contributed by atoms with Gasteiger partial charge in [0, 0.05) is 12.1 Å². The maximum absolute atomic E-state index is 13.8. The van der Waals surface area contributed by atoms with Gasteiger partial charge in [-0.05, 0) is 36.4 Å². The molecule has 0 amide bonds.